The molecule has 1 heterocycles. The van der Waals surface area contributed by atoms with Gasteiger partial charge >= 0.3 is 12.6 Å². The second-order valence-electron chi connectivity index (χ2n) is 5.08. The number of ether oxygens (including phenoxy) is 3. The highest BCUT2D eigenvalue weighted by Gasteiger charge is 2.13. The second-order valence-corrected chi connectivity index (χ2v) is 6.03. The first-order valence-corrected chi connectivity index (χ1v) is 8.62. The molecule has 0 unspecified atom stereocenters. The zero-order chi connectivity index (χ0) is 20.5. The fourth-order valence-electron chi connectivity index (χ4n) is 1.96. The molecule has 0 fully saturated rings. The summed E-state index contributed by atoms with van der Waals surface area (Å²) in [5, 5.41) is 3.77. The quantitative estimate of drug-likeness (QED) is 0.531. The number of halogens is 2. The number of benzene rings is 1. The van der Waals surface area contributed by atoms with Crippen LogP contribution in [0.2, 0.25) is 0 Å². The topological polar surface area (TPSA) is 90.9 Å². The van der Waals surface area contributed by atoms with Gasteiger partial charge in [0, 0.05) is 6.08 Å². The van der Waals surface area contributed by atoms with Gasteiger partial charge in [-0.15, -0.1) is 11.3 Å². The van der Waals surface area contributed by atoms with Crippen LogP contribution in [-0.2, 0) is 14.3 Å². The molecule has 0 saturated carbocycles. The number of rotatable bonds is 8. The molecular weight excluding hydrogens is 396 g/mol. The van der Waals surface area contributed by atoms with E-state index in [0.29, 0.717) is 10.4 Å². The molecule has 0 aliphatic heterocycles. The summed E-state index contributed by atoms with van der Waals surface area (Å²) in [5.41, 5.74) is 0.452. The molecule has 148 valence electrons. The summed E-state index contributed by atoms with van der Waals surface area (Å²) < 4.78 is 38.6. The number of hydrogen-bond donors (Lipinski definition) is 1. The van der Waals surface area contributed by atoms with E-state index in [1.807, 2.05) is 0 Å². The van der Waals surface area contributed by atoms with Gasteiger partial charge in [-0.05, 0) is 35.2 Å². The first-order chi connectivity index (χ1) is 13.4. The molecular formula is C18H15F2NO6S. The maximum Gasteiger partial charge on any atom is 0.387 e. The van der Waals surface area contributed by atoms with Crippen LogP contribution in [-0.4, -0.2) is 38.1 Å². The van der Waals surface area contributed by atoms with E-state index in [1.165, 1.54) is 42.7 Å². The van der Waals surface area contributed by atoms with Gasteiger partial charge in [-0.2, -0.15) is 8.78 Å². The van der Waals surface area contributed by atoms with Gasteiger partial charge < -0.3 is 14.2 Å². The highest BCUT2D eigenvalue weighted by molar-refractivity contribution is 7.12. The van der Waals surface area contributed by atoms with Crippen LogP contribution in [0.1, 0.15) is 15.2 Å². The summed E-state index contributed by atoms with van der Waals surface area (Å²) in [5.74, 6) is -2.27. The van der Waals surface area contributed by atoms with Gasteiger partial charge in [0.25, 0.3) is 11.8 Å². The average Bonchev–Trinajstić information content (AvgIpc) is 3.20. The van der Waals surface area contributed by atoms with Gasteiger partial charge in [0.15, 0.2) is 18.1 Å². The normalized spacial score (nSPS) is 10.7. The molecule has 2 rings (SSSR count). The third-order valence-electron chi connectivity index (χ3n) is 3.16. The number of nitrogens with one attached hydrogen (secondary N) is 1. The Morgan fingerprint density at radius 2 is 2.00 bits per heavy atom. The number of esters is 1. The van der Waals surface area contributed by atoms with Crippen molar-refractivity contribution in [1.29, 1.82) is 0 Å². The summed E-state index contributed by atoms with van der Waals surface area (Å²) in [6.07, 6.45) is 2.38. The lowest BCUT2D eigenvalue weighted by atomic mass is 10.2. The lowest BCUT2D eigenvalue weighted by Crippen LogP contribution is -2.33. The van der Waals surface area contributed by atoms with Gasteiger partial charge in [0.2, 0.25) is 0 Å². The summed E-state index contributed by atoms with van der Waals surface area (Å²) in [4.78, 5) is 35.3. The van der Waals surface area contributed by atoms with Crippen LogP contribution in [0.5, 0.6) is 11.5 Å². The minimum Gasteiger partial charge on any atom is -0.493 e. The summed E-state index contributed by atoms with van der Waals surface area (Å²) >= 11 is 1.17. The van der Waals surface area contributed by atoms with E-state index in [4.69, 9.17) is 9.47 Å². The Kier molecular flexibility index (Phi) is 7.64. The van der Waals surface area contributed by atoms with Gasteiger partial charge in [-0.3, -0.25) is 14.9 Å². The summed E-state index contributed by atoms with van der Waals surface area (Å²) in [6.45, 7) is -3.63. The van der Waals surface area contributed by atoms with E-state index in [-0.39, 0.29) is 11.5 Å². The van der Waals surface area contributed by atoms with Crippen molar-refractivity contribution >= 4 is 35.2 Å². The first-order valence-electron chi connectivity index (χ1n) is 7.74. The van der Waals surface area contributed by atoms with Crippen molar-refractivity contribution in [3.8, 4) is 11.5 Å². The fourth-order valence-corrected chi connectivity index (χ4v) is 2.58. The molecule has 0 spiro atoms. The van der Waals surface area contributed by atoms with Gasteiger partial charge in [0.05, 0.1) is 12.0 Å². The molecule has 2 amide bonds. The molecule has 1 aromatic carbocycles. The zero-order valence-electron chi connectivity index (χ0n) is 14.5. The lowest BCUT2D eigenvalue weighted by molar-refractivity contribution is -0.143. The van der Waals surface area contributed by atoms with E-state index in [0.717, 1.165) is 6.08 Å². The van der Waals surface area contributed by atoms with Crippen LogP contribution < -0.4 is 14.8 Å². The van der Waals surface area contributed by atoms with Crippen molar-refractivity contribution in [3.63, 3.8) is 0 Å². The van der Waals surface area contributed by atoms with Crippen molar-refractivity contribution in [3.05, 3.63) is 52.2 Å². The maximum absolute atomic E-state index is 12.3. The lowest BCUT2D eigenvalue weighted by Gasteiger charge is -2.10. The largest absolute Gasteiger partial charge is 0.493 e. The van der Waals surface area contributed by atoms with E-state index in [9.17, 15) is 23.2 Å². The van der Waals surface area contributed by atoms with Crippen LogP contribution in [0.3, 0.4) is 0 Å². The van der Waals surface area contributed by atoms with E-state index < -0.39 is 31.0 Å². The minimum absolute atomic E-state index is 0.0577. The number of thiophene rings is 1. The second kappa shape index (κ2) is 10.2. The number of hydrogen-bond acceptors (Lipinski definition) is 7. The van der Waals surface area contributed by atoms with Gasteiger partial charge in [-0.1, -0.05) is 12.1 Å². The monoisotopic (exact) mass is 411 g/mol. The number of methoxy groups -OCH3 is 1. The molecule has 0 bridgehead atoms. The van der Waals surface area contributed by atoms with E-state index in [1.54, 1.807) is 17.5 Å². The molecule has 0 aliphatic rings. The number of amides is 2. The van der Waals surface area contributed by atoms with Crippen molar-refractivity contribution in [2.45, 2.75) is 6.61 Å². The molecule has 0 atom stereocenters. The van der Waals surface area contributed by atoms with Crippen LogP contribution >= 0.6 is 11.3 Å². The van der Waals surface area contributed by atoms with Crippen molar-refractivity contribution in [1.82, 2.24) is 5.32 Å². The first kappa shape index (κ1) is 21.0. The van der Waals surface area contributed by atoms with E-state index >= 15 is 0 Å². The maximum atomic E-state index is 12.3. The highest BCUT2D eigenvalue weighted by atomic mass is 32.1. The average molecular weight is 411 g/mol. The smallest absolute Gasteiger partial charge is 0.387 e. The van der Waals surface area contributed by atoms with Crippen molar-refractivity contribution in [2.75, 3.05) is 13.7 Å². The Bertz CT molecular complexity index is 867. The van der Waals surface area contributed by atoms with Crippen LogP contribution in [0.25, 0.3) is 6.08 Å². The van der Waals surface area contributed by atoms with Crippen molar-refractivity contribution < 1.29 is 37.4 Å². The molecule has 0 radical (unpaired) electrons. The summed E-state index contributed by atoms with van der Waals surface area (Å²) in [6, 6.07) is 7.29. The van der Waals surface area contributed by atoms with Crippen LogP contribution in [0.4, 0.5) is 8.78 Å². The molecule has 0 aliphatic carbocycles. The Morgan fingerprint density at radius 3 is 2.64 bits per heavy atom. The molecule has 2 aromatic rings. The Balaban J connectivity index is 1.86. The standard InChI is InChI=1S/C18H15F2NO6S/c1-25-13-9-11(4-6-12(13)27-18(19)20)5-7-16(23)26-10-15(22)21-17(24)14-3-2-8-28-14/h2-9,18H,10H2,1H3,(H,21,22,24)/b7-5+. The Hall–Kier alpha value is -3.27. The van der Waals surface area contributed by atoms with Crippen LogP contribution in [0.15, 0.2) is 41.8 Å². The number of carbonyl (C=O) groups excluding carboxylic acids is 3. The molecule has 10 heteroatoms. The minimum atomic E-state index is -3.00. The summed E-state index contributed by atoms with van der Waals surface area (Å²) in [7, 11) is 1.28. The number of imide groups is 1. The molecule has 28 heavy (non-hydrogen) atoms. The molecule has 0 saturated heterocycles. The molecule has 1 N–H and O–H groups in total. The Morgan fingerprint density at radius 1 is 1.21 bits per heavy atom. The fraction of sp³-hybridized carbons (Fsp3) is 0.167. The predicted molar refractivity (Wildman–Crippen MR) is 96.4 cm³/mol. The number of alkyl halides is 2. The third kappa shape index (κ3) is 6.47. The predicted octanol–water partition coefficient (Wildman–Crippen LogP) is 2.87. The number of carbonyl (C=O) groups is 3. The Labute approximate surface area is 162 Å². The third-order valence-corrected chi connectivity index (χ3v) is 4.03. The van der Waals surface area contributed by atoms with Gasteiger partial charge in [0.1, 0.15) is 0 Å². The highest BCUT2D eigenvalue weighted by Crippen LogP contribution is 2.29. The molecule has 1 aromatic heterocycles. The zero-order valence-corrected chi connectivity index (χ0v) is 15.3. The van der Waals surface area contributed by atoms with Gasteiger partial charge in [-0.25, -0.2) is 4.79 Å². The van der Waals surface area contributed by atoms with E-state index in [2.05, 4.69) is 10.1 Å². The van der Waals surface area contributed by atoms with Crippen LogP contribution in [0, 0.1) is 0 Å². The SMILES string of the molecule is COc1cc(/C=C/C(=O)OCC(=O)NC(=O)c2cccs2)ccc1OC(F)F. The molecule has 7 nitrogen and oxygen atoms in total. The van der Waals surface area contributed by atoms with Crippen molar-refractivity contribution in [2.24, 2.45) is 0 Å².